The Morgan fingerprint density at radius 3 is 1.45 bits per heavy atom. The average Bonchev–Trinajstić information content (AvgIpc) is 3.14. The molecule has 0 heterocycles. The summed E-state index contributed by atoms with van der Waals surface area (Å²) in [5.74, 6) is 0.788. The van der Waals surface area contributed by atoms with Gasteiger partial charge < -0.3 is 19.5 Å². The van der Waals surface area contributed by atoms with E-state index in [9.17, 15) is 14.7 Å². The molecule has 0 amide bonds. The molecule has 1 unspecified atom stereocenters. The van der Waals surface area contributed by atoms with Gasteiger partial charge in [0.05, 0.1) is 19.1 Å². The topological polar surface area (TPSA) is 76.1 Å². The Kier molecular flexibility index (Phi) is 39.6. The molecule has 0 saturated heterocycles. The largest absolute Gasteiger partial charge is 0.465 e. The van der Waals surface area contributed by atoms with Crippen LogP contribution >= 0.6 is 0 Å². The molecule has 0 aliphatic heterocycles. The van der Waals surface area contributed by atoms with Gasteiger partial charge in [-0.25, -0.2) is 0 Å². The predicted octanol–water partition coefficient (Wildman–Crippen LogP) is 13.6. The van der Waals surface area contributed by atoms with Crippen LogP contribution in [0.25, 0.3) is 0 Å². The van der Waals surface area contributed by atoms with Crippen LogP contribution in [0, 0.1) is 11.8 Å². The van der Waals surface area contributed by atoms with E-state index in [0.29, 0.717) is 13.0 Å². The monoisotopic (exact) mass is 752 g/mol. The lowest BCUT2D eigenvalue weighted by atomic mass is 10.0. The van der Waals surface area contributed by atoms with Crippen LogP contribution in [0.15, 0.2) is 0 Å². The molecule has 0 fully saturated rings. The van der Waals surface area contributed by atoms with E-state index >= 15 is 0 Å². The quantitative estimate of drug-likeness (QED) is 0.0494. The highest BCUT2D eigenvalue weighted by Gasteiger charge is 2.15. The molecule has 0 aliphatic rings. The number of aliphatic hydroxyl groups is 1. The van der Waals surface area contributed by atoms with Crippen molar-refractivity contribution < 1.29 is 24.2 Å². The van der Waals surface area contributed by atoms with Crippen LogP contribution in [-0.2, 0) is 19.1 Å². The molecule has 6 heteroatoms. The first-order valence-electron chi connectivity index (χ1n) is 23.5. The van der Waals surface area contributed by atoms with Gasteiger partial charge in [0.1, 0.15) is 6.10 Å². The van der Waals surface area contributed by atoms with E-state index < -0.39 is 0 Å². The van der Waals surface area contributed by atoms with Crippen LogP contribution in [0.5, 0.6) is 0 Å². The number of carbonyl (C=O) groups excluding carboxylic acids is 2. The van der Waals surface area contributed by atoms with Crippen molar-refractivity contribution in [3.63, 3.8) is 0 Å². The van der Waals surface area contributed by atoms with Crippen molar-refractivity contribution in [2.75, 3.05) is 32.8 Å². The van der Waals surface area contributed by atoms with E-state index in [1.165, 1.54) is 116 Å². The molecule has 0 aromatic rings. The smallest absolute Gasteiger partial charge is 0.308 e. The second-order valence-corrected chi connectivity index (χ2v) is 16.9. The maximum Gasteiger partial charge on any atom is 0.308 e. The molecule has 1 atom stereocenters. The number of unbranched alkanes of at least 4 members (excludes halogenated alkanes) is 22. The van der Waals surface area contributed by atoms with E-state index in [4.69, 9.17) is 9.47 Å². The number of ether oxygens (including phenoxy) is 2. The third-order valence-electron chi connectivity index (χ3n) is 11.0. The van der Waals surface area contributed by atoms with Crippen LogP contribution in [0.4, 0.5) is 0 Å². The Hall–Kier alpha value is -1.14. The first-order valence-corrected chi connectivity index (χ1v) is 23.5. The van der Waals surface area contributed by atoms with E-state index in [-0.39, 0.29) is 30.6 Å². The number of rotatable bonds is 42. The number of aliphatic hydroxyl groups excluding tert-OH is 1. The summed E-state index contributed by atoms with van der Waals surface area (Å²) in [7, 11) is 0. The summed E-state index contributed by atoms with van der Waals surface area (Å²) in [6.45, 7) is 14.7. The summed E-state index contributed by atoms with van der Waals surface area (Å²) in [6.07, 6.45) is 37.7. The number of esters is 2. The standard InChI is InChI=1S/C47H93NO5/c1-6-8-10-12-18-27-35-45(36-28-19-13-11-9-7-2)53-46(50)37-29-20-16-22-30-38-48(40-41-49)39-31-23-21-26-34-44(5)47(51)52-42-32-24-15-14-17-25-33-43(3)4/h43-45,49H,6-42H2,1-5H3. The van der Waals surface area contributed by atoms with Gasteiger partial charge in [-0.2, -0.15) is 0 Å². The van der Waals surface area contributed by atoms with E-state index in [1.807, 2.05) is 6.92 Å². The Morgan fingerprint density at radius 2 is 0.943 bits per heavy atom. The molecular weight excluding hydrogens is 659 g/mol. The lowest BCUT2D eigenvalue weighted by molar-refractivity contribution is -0.150. The number of hydrogen-bond donors (Lipinski definition) is 1. The Labute approximate surface area is 331 Å². The molecule has 1 N–H and O–H groups in total. The third-order valence-corrected chi connectivity index (χ3v) is 11.0. The van der Waals surface area contributed by atoms with Crippen LogP contribution in [-0.4, -0.2) is 60.9 Å². The maximum atomic E-state index is 12.7. The highest BCUT2D eigenvalue weighted by Crippen LogP contribution is 2.19. The molecule has 0 aliphatic carbocycles. The van der Waals surface area contributed by atoms with Gasteiger partial charge in [0.2, 0.25) is 0 Å². The Morgan fingerprint density at radius 1 is 0.509 bits per heavy atom. The Balaban J connectivity index is 4.00. The molecule has 0 aromatic heterocycles. The number of carbonyl (C=O) groups is 2. The van der Waals surface area contributed by atoms with E-state index in [2.05, 4.69) is 32.6 Å². The second kappa shape index (κ2) is 40.5. The van der Waals surface area contributed by atoms with Gasteiger partial charge >= 0.3 is 11.9 Å². The summed E-state index contributed by atoms with van der Waals surface area (Å²) in [5, 5.41) is 9.58. The van der Waals surface area contributed by atoms with Gasteiger partial charge in [-0.1, -0.05) is 176 Å². The van der Waals surface area contributed by atoms with Crippen molar-refractivity contribution in [2.24, 2.45) is 11.8 Å². The van der Waals surface area contributed by atoms with Crippen LogP contribution in [0.3, 0.4) is 0 Å². The molecule has 0 rings (SSSR count). The minimum absolute atomic E-state index is 0.00991. The number of nitrogens with zero attached hydrogens (tertiary/aromatic N) is 1. The normalized spacial score (nSPS) is 12.3. The minimum Gasteiger partial charge on any atom is -0.465 e. The zero-order valence-corrected chi connectivity index (χ0v) is 36.4. The fourth-order valence-electron chi connectivity index (χ4n) is 7.36. The summed E-state index contributed by atoms with van der Waals surface area (Å²) >= 11 is 0. The molecule has 0 radical (unpaired) electrons. The van der Waals surface area contributed by atoms with Crippen molar-refractivity contribution in [1.29, 1.82) is 0 Å². The van der Waals surface area contributed by atoms with Crippen molar-refractivity contribution >= 4 is 11.9 Å². The van der Waals surface area contributed by atoms with Crippen molar-refractivity contribution in [3.05, 3.63) is 0 Å². The van der Waals surface area contributed by atoms with E-state index in [1.54, 1.807) is 0 Å². The van der Waals surface area contributed by atoms with Crippen molar-refractivity contribution in [2.45, 2.75) is 246 Å². The SMILES string of the molecule is CCCCCCCCC(CCCCCCCC)OC(=O)CCCCCCCN(CCO)CCCCCCC(C)C(=O)OCCCCCCCCC(C)C. The summed E-state index contributed by atoms with van der Waals surface area (Å²) in [4.78, 5) is 27.5. The fraction of sp³-hybridized carbons (Fsp3) is 0.957. The van der Waals surface area contributed by atoms with Crippen LogP contribution < -0.4 is 0 Å². The van der Waals surface area contributed by atoms with Gasteiger partial charge in [0.25, 0.3) is 0 Å². The molecule has 0 saturated carbocycles. The van der Waals surface area contributed by atoms with Gasteiger partial charge in [-0.05, 0) is 76.8 Å². The minimum atomic E-state index is -0.0257. The highest BCUT2D eigenvalue weighted by atomic mass is 16.5. The van der Waals surface area contributed by atoms with Gasteiger partial charge in [0, 0.05) is 13.0 Å². The maximum absolute atomic E-state index is 12.7. The zero-order chi connectivity index (χ0) is 39.0. The molecule has 0 spiro atoms. The summed E-state index contributed by atoms with van der Waals surface area (Å²) in [5.41, 5.74) is 0. The van der Waals surface area contributed by atoms with Crippen LogP contribution in [0.2, 0.25) is 0 Å². The predicted molar refractivity (Wildman–Crippen MR) is 227 cm³/mol. The molecule has 316 valence electrons. The van der Waals surface area contributed by atoms with Crippen molar-refractivity contribution in [1.82, 2.24) is 4.90 Å². The molecule has 0 aromatic carbocycles. The Bertz CT molecular complexity index is 758. The first kappa shape index (κ1) is 51.9. The van der Waals surface area contributed by atoms with Gasteiger partial charge in [0.15, 0.2) is 0 Å². The molecule has 0 bridgehead atoms. The third kappa shape index (κ3) is 37.6. The molecular formula is C47H93NO5. The first-order chi connectivity index (χ1) is 25.8. The summed E-state index contributed by atoms with van der Waals surface area (Å²) < 4.78 is 11.6. The van der Waals surface area contributed by atoms with Gasteiger partial charge in [-0.3, -0.25) is 9.59 Å². The lowest BCUT2D eigenvalue weighted by Crippen LogP contribution is -2.29. The molecule has 6 nitrogen and oxygen atoms in total. The van der Waals surface area contributed by atoms with Crippen LogP contribution in [0.1, 0.15) is 240 Å². The van der Waals surface area contributed by atoms with E-state index in [0.717, 1.165) is 109 Å². The zero-order valence-electron chi connectivity index (χ0n) is 36.4. The highest BCUT2D eigenvalue weighted by molar-refractivity contribution is 5.71. The number of hydrogen-bond acceptors (Lipinski definition) is 6. The second-order valence-electron chi connectivity index (χ2n) is 16.9. The summed E-state index contributed by atoms with van der Waals surface area (Å²) in [6, 6.07) is 0. The lowest BCUT2D eigenvalue weighted by Gasteiger charge is -2.21. The van der Waals surface area contributed by atoms with Crippen molar-refractivity contribution in [3.8, 4) is 0 Å². The fourth-order valence-corrected chi connectivity index (χ4v) is 7.36. The molecule has 53 heavy (non-hydrogen) atoms. The average molecular weight is 752 g/mol. The van der Waals surface area contributed by atoms with Gasteiger partial charge in [-0.15, -0.1) is 0 Å².